The predicted molar refractivity (Wildman–Crippen MR) is 75.0 cm³/mol. The third-order valence-electron chi connectivity index (χ3n) is 3.35. The van der Waals surface area contributed by atoms with Crippen LogP contribution >= 0.6 is 0 Å². The Hall–Kier alpha value is -1.91. The molecule has 1 atom stereocenters. The third-order valence-corrected chi connectivity index (χ3v) is 3.35. The van der Waals surface area contributed by atoms with E-state index in [1.54, 1.807) is 11.0 Å². The molecule has 5 heteroatoms. The molecular formula is C15H19FN2O2. The zero-order valence-electron chi connectivity index (χ0n) is 11.8. The lowest BCUT2D eigenvalue weighted by atomic mass is 10.0. The highest BCUT2D eigenvalue weighted by Gasteiger charge is 2.25. The Balaban J connectivity index is 1.96. The van der Waals surface area contributed by atoms with Crippen LogP contribution in [0, 0.1) is 5.82 Å². The molecule has 0 saturated carbocycles. The summed E-state index contributed by atoms with van der Waals surface area (Å²) in [4.78, 5) is 18.8. The summed E-state index contributed by atoms with van der Waals surface area (Å²) in [6.07, 6.45) is 0.929. The molecule has 1 aromatic carbocycles. The molecule has 0 aromatic heterocycles. The monoisotopic (exact) mass is 278 g/mol. The number of carbonyl (C=O) groups excluding carboxylic acids is 1. The van der Waals surface area contributed by atoms with Crippen molar-refractivity contribution in [2.75, 3.05) is 13.1 Å². The number of rotatable bonds is 5. The molecule has 1 heterocycles. The third kappa shape index (κ3) is 3.35. The van der Waals surface area contributed by atoms with Crippen LogP contribution in [0.3, 0.4) is 0 Å². The van der Waals surface area contributed by atoms with Gasteiger partial charge in [-0.15, -0.1) is 0 Å². The fourth-order valence-corrected chi connectivity index (χ4v) is 2.24. The highest BCUT2D eigenvalue weighted by molar-refractivity contribution is 6.01. The van der Waals surface area contributed by atoms with Crippen molar-refractivity contribution < 1.29 is 14.0 Å². The van der Waals surface area contributed by atoms with Crippen LogP contribution in [0.5, 0.6) is 0 Å². The summed E-state index contributed by atoms with van der Waals surface area (Å²) in [5, 5.41) is 4.01. The molecule has 0 fully saturated rings. The summed E-state index contributed by atoms with van der Waals surface area (Å²) in [6.45, 7) is 4.96. The second kappa shape index (κ2) is 6.50. The van der Waals surface area contributed by atoms with Gasteiger partial charge in [0.15, 0.2) is 6.10 Å². The SMILES string of the molecule is CCC(=O)N(CC)C[C@H]1CC(c2cccc(F)c2)=NO1. The molecule has 0 spiro atoms. The Morgan fingerprint density at radius 1 is 1.50 bits per heavy atom. The van der Waals surface area contributed by atoms with E-state index < -0.39 is 0 Å². The normalized spacial score (nSPS) is 17.6. The van der Waals surface area contributed by atoms with Gasteiger partial charge in [0, 0.05) is 24.9 Å². The Morgan fingerprint density at radius 2 is 2.30 bits per heavy atom. The molecule has 0 aliphatic carbocycles. The molecule has 1 aliphatic rings. The molecule has 0 saturated heterocycles. The number of hydrogen-bond donors (Lipinski definition) is 0. The molecule has 0 N–H and O–H groups in total. The van der Waals surface area contributed by atoms with Gasteiger partial charge in [0.1, 0.15) is 5.82 Å². The molecule has 20 heavy (non-hydrogen) atoms. The van der Waals surface area contributed by atoms with Crippen LogP contribution in [0.1, 0.15) is 32.3 Å². The van der Waals surface area contributed by atoms with Crippen LogP contribution in [0.15, 0.2) is 29.4 Å². The van der Waals surface area contributed by atoms with Gasteiger partial charge in [-0.3, -0.25) is 4.79 Å². The first-order valence-electron chi connectivity index (χ1n) is 6.90. The van der Waals surface area contributed by atoms with Crippen LogP contribution in [-0.4, -0.2) is 35.7 Å². The topological polar surface area (TPSA) is 41.9 Å². The molecule has 0 radical (unpaired) electrons. The smallest absolute Gasteiger partial charge is 0.222 e. The Bertz CT molecular complexity index is 516. The van der Waals surface area contributed by atoms with Crippen molar-refractivity contribution in [2.24, 2.45) is 5.16 Å². The minimum Gasteiger partial charge on any atom is -0.390 e. The number of oxime groups is 1. The maximum absolute atomic E-state index is 13.2. The van der Waals surface area contributed by atoms with Crippen LogP contribution in [-0.2, 0) is 9.63 Å². The standard InChI is InChI=1S/C15H19FN2O2/c1-3-15(19)18(4-2)10-13-9-14(17-20-13)11-6-5-7-12(16)8-11/h5-8,13H,3-4,9-10H2,1-2H3/t13-/m1/s1. The summed E-state index contributed by atoms with van der Waals surface area (Å²) in [7, 11) is 0. The summed E-state index contributed by atoms with van der Waals surface area (Å²) in [5.74, 6) is -0.180. The average molecular weight is 278 g/mol. The van der Waals surface area contributed by atoms with Gasteiger partial charge >= 0.3 is 0 Å². The summed E-state index contributed by atoms with van der Waals surface area (Å²) >= 11 is 0. The average Bonchev–Trinajstić information content (AvgIpc) is 2.92. The minimum absolute atomic E-state index is 0.107. The molecule has 1 amide bonds. The molecule has 0 unspecified atom stereocenters. The lowest BCUT2D eigenvalue weighted by Gasteiger charge is -2.22. The largest absolute Gasteiger partial charge is 0.390 e. The highest BCUT2D eigenvalue weighted by atomic mass is 19.1. The van der Waals surface area contributed by atoms with E-state index >= 15 is 0 Å². The zero-order valence-corrected chi connectivity index (χ0v) is 11.8. The summed E-state index contributed by atoms with van der Waals surface area (Å²) in [6, 6.07) is 6.30. The highest BCUT2D eigenvalue weighted by Crippen LogP contribution is 2.18. The van der Waals surface area contributed by atoms with Crippen LogP contribution in [0.2, 0.25) is 0 Å². The summed E-state index contributed by atoms with van der Waals surface area (Å²) in [5.41, 5.74) is 1.46. The van der Waals surface area contributed by atoms with E-state index in [9.17, 15) is 9.18 Å². The minimum atomic E-state index is -0.287. The maximum Gasteiger partial charge on any atom is 0.222 e. The quantitative estimate of drug-likeness (QED) is 0.830. The van der Waals surface area contributed by atoms with Crippen molar-refractivity contribution in [3.63, 3.8) is 0 Å². The number of benzene rings is 1. The van der Waals surface area contributed by atoms with Gasteiger partial charge in [-0.05, 0) is 19.1 Å². The van der Waals surface area contributed by atoms with E-state index in [1.807, 2.05) is 19.9 Å². The van der Waals surface area contributed by atoms with E-state index in [-0.39, 0.29) is 17.8 Å². The Labute approximate surface area is 118 Å². The Morgan fingerprint density at radius 3 is 2.95 bits per heavy atom. The van der Waals surface area contributed by atoms with Crippen molar-refractivity contribution in [1.29, 1.82) is 0 Å². The number of halogens is 1. The van der Waals surface area contributed by atoms with Gasteiger partial charge in [0.05, 0.1) is 12.3 Å². The van der Waals surface area contributed by atoms with E-state index in [4.69, 9.17) is 4.84 Å². The van der Waals surface area contributed by atoms with E-state index in [0.717, 1.165) is 11.3 Å². The second-order valence-corrected chi connectivity index (χ2v) is 4.77. The molecule has 0 bridgehead atoms. The number of hydrogen-bond acceptors (Lipinski definition) is 3. The van der Waals surface area contributed by atoms with Crippen LogP contribution in [0.4, 0.5) is 4.39 Å². The van der Waals surface area contributed by atoms with Crippen molar-refractivity contribution in [1.82, 2.24) is 4.90 Å². The fourth-order valence-electron chi connectivity index (χ4n) is 2.24. The first kappa shape index (κ1) is 14.5. The van der Waals surface area contributed by atoms with E-state index in [0.29, 0.717) is 25.9 Å². The van der Waals surface area contributed by atoms with Gasteiger partial charge in [0.2, 0.25) is 5.91 Å². The van der Waals surface area contributed by atoms with E-state index in [1.165, 1.54) is 12.1 Å². The van der Waals surface area contributed by atoms with Gasteiger partial charge in [-0.25, -0.2) is 4.39 Å². The Kier molecular flexibility index (Phi) is 4.71. The van der Waals surface area contributed by atoms with Crippen molar-refractivity contribution in [3.8, 4) is 0 Å². The molecule has 4 nitrogen and oxygen atoms in total. The molecule has 1 aliphatic heterocycles. The van der Waals surface area contributed by atoms with Gasteiger partial charge in [0.25, 0.3) is 0 Å². The van der Waals surface area contributed by atoms with Crippen molar-refractivity contribution >= 4 is 11.6 Å². The van der Waals surface area contributed by atoms with Crippen LogP contribution < -0.4 is 0 Å². The van der Waals surface area contributed by atoms with E-state index in [2.05, 4.69) is 5.16 Å². The number of amides is 1. The molecule has 2 rings (SSSR count). The summed E-state index contributed by atoms with van der Waals surface area (Å²) < 4.78 is 13.2. The molecular weight excluding hydrogens is 259 g/mol. The van der Waals surface area contributed by atoms with Crippen molar-refractivity contribution in [2.45, 2.75) is 32.8 Å². The van der Waals surface area contributed by atoms with Gasteiger partial charge in [-0.2, -0.15) is 0 Å². The lowest BCUT2D eigenvalue weighted by Crippen LogP contribution is -2.37. The molecule has 1 aromatic rings. The zero-order chi connectivity index (χ0) is 14.5. The lowest BCUT2D eigenvalue weighted by molar-refractivity contribution is -0.132. The van der Waals surface area contributed by atoms with Gasteiger partial charge in [-0.1, -0.05) is 24.2 Å². The maximum atomic E-state index is 13.2. The number of likely N-dealkylation sites (N-methyl/N-ethyl adjacent to an activating group) is 1. The number of carbonyl (C=O) groups is 1. The number of nitrogens with zero attached hydrogens (tertiary/aromatic N) is 2. The first-order chi connectivity index (χ1) is 9.63. The van der Waals surface area contributed by atoms with Crippen LogP contribution in [0.25, 0.3) is 0 Å². The first-order valence-corrected chi connectivity index (χ1v) is 6.90. The van der Waals surface area contributed by atoms with Crippen molar-refractivity contribution in [3.05, 3.63) is 35.6 Å². The van der Waals surface area contributed by atoms with Gasteiger partial charge < -0.3 is 9.74 Å². The second-order valence-electron chi connectivity index (χ2n) is 4.77. The molecule has 108 valence electrons. The fraction of sp³-hybridized carbons (Fsp3) is 0.467. The predicted octanol–water partition coefficient (Wildman–Crippen LogP) is 2.58.